The number of aromatic nitrogens is 1. The van der Waals surface area contributed by atoms with Crippen molar-refractivity contribution in [2.24, 2.45) is 0 Å². The molecular weight excluding hydrogens is 441 g/mol. The highest BCUT2D eigenvalue weighted by molar-refractivity contribution is 6.30. The van der Waals surface area contributed by atoms with Crippen LogP contribution in [0.2, 0.25) is 10.0 Å². The summed E-state index contributed by atoms with van der Waals surface area (Å²) >= 11 is 12.5. The number of hydrogen-bond acceptors (Lipinski definition) is 2. The van der Waals surface area contributed by atoms with E-state index in [1.54, 1.807) is 18.3 Å². The minimum atomic E-state index is -0.990. The van der Waals surface area contributed by atoms with Crippen molar-refractivity contribution in [2.75, 3.05) is 5.32 Å². The van der Waals surface area contributed by atoms with E-state index in [0.717, 1.165) is 11.1 Å². The Balaban J connectivity index is 1.83. The van der Waals surface area contributed by atoms with Crippen molar-refractivity contribution < 1.29 is 4.79 Å². The van der Waals surface area contributed by atoms with Gasteiger partial charge in [0.1, 0.15) is 5.54 Å². The van der Waals surface area contributed by atoms with Gasteiger partial charge in [0.2, 0.25) is 0 Å². The molecule has 0 saturated carbocycles. The number of para-hydroxylation sites is 1. The highest BCUT2D eigenvalue weighted by Crippen LogP contribution is 2.34. The van der Waals surface area contributed by atoms with Gasteiger partial charge in [-0.25, -0.2) is 4.79 Å². The molecule has 160 valence electrons. The molecule has 2 amide bonds. The average molecular weight is 462 g/mol. The molecular formula is C26H21Cl2N3O. The van der Waals surface area contributed by atoms with Crippen LogP contribution in [0.1, 0.15) is 16.8 Å². The van der Waals surface area contributed by atoms with Crippen LogP contribution >= 0.6 is 23.2 Å². The van der Waals surface area contributed by atoms with Crippen LogP contribution in [0.5, 0.6) is 0 Å². The van der Waals surface area contributed by atoms with E-state index < -0.39 is 5.54 Å². The molecule has 0 aliphatic carbocycles. The molecule has 6 heteroatoms. The van der Waals surface area contributed by atoms with E-state index in [1.807, 2.05) is 84.9 Å². The third-order valence-corrected chi connectivity index (χ3v) is 5.61. The summed E-state index contributed by atoms with van der Waals surface area (Å²) in [5.41, 5.74) is 2.19. The second-order valence-corrected chi connectivity index (χ2v) is 8.26. The number of nitrogens with zero attached hydrogens (tertiary/aromatic N) is 1. The summed E-state index contributed by atoms with van der Waals surface area (Å²) in [6.07, 6.45) is 2.04. The van der Waals surface area contributed by atoms with Crippen LogP contribution < -0.4 is 10.6 Å². The lowest BCUT2D eigenvalue weighted by Crippen LogP contribution is -2.50. The molecule has 3 aromatic carbocycles. The zero-order valence-electron chi connectivity index (χ0n) is 17.1. The fraction of sp³-hybridized carbons (Fsp3) is 0.0769. The maximum Gasteiger partial charge on any atom is 0.320 e. The van der Waals surface area contributed by atoms with Gasteiger partial charge in [0.15, 0.2) is 0 Å². The van der Waals surface area contributed by atoms with E-state index in [4.69, 9.17) is 23.2 Å². The zero-order valence-corrected chi connectivity index (χ0v) is 18.6. The first-order chi connectivity index (χ1) is 15.5. The minimum Gasteiger partial charge on any atom is -0.322 e. The summed E-state index contributed by atoms with van der Waals surface area (Å²) in [4.78, 5) is 17.8. The third kappa shape index (κ3) is 5.10. The van der Waals surface area contributed by atoms with Crippen LogP contribution in [-0.2, 0) is 12.0 Å². The van der Waals surface area contributed by atoms with Gasteiger partial charge in [0, 0.05) is 23.3 Å². The molecule has 1 atom stereocenters. The van der Waals surface area contributed by atoms with Crippen LogP contribution in [0.25, 0.3) is 0 Å². The molecule has 4 nitrogen and oxygen atoms in total. The minimum absolute atomic E-state index is 0.358. The number of nitrogens with one attached hydrogen (secondary N) is 2. The number of carbonyl (C=O) groups excluding carboxylic acids is 1. The lowest BCUT2D eigenvalue weighted by Gasteiger charge is -2.35. The molecule has 1 aromatic heterocycles. The number of halogens is 2. The second-order valence-electron chi connectivity index (χ2n) is 7.38. The van der Waals surface area contributed by atoms with Gasteiger partial charge in [0.05, 0.1) is 10.7 Å². The van der Waals surface area contributed by atoms with Crippen molar-refractivity contribution >= 4 is 34.9 Å². The Bertz CT molecular complexity index is 1180. The van der Waals surface area contributed by atoms with Crippen molar-refractivity contribution in [3.05, 3.63) is 130 Å². The molecule has 32 heavy (non-hydrogen) atoms. The number of carbonyl (C=O) groups is 1. The Kier molecular flexibility index (Phi) is 6.74. The summed E-state index contributed by atoms with van der Waals surface area (Å²) in [6, 6.07) is 29.9. The Morgan fingerprint density at radius 3 is 2.19 bits per heavy atom. The molecule has 0 aliphatic rings. The zero-order chi connectivity index (χ0) is 22.4. The monoisotopic (exact) mass is 461 g/mol. The number of hydrogen-bond donors (Lipinski definition) is 2. The van der Waals surface area contributed by atoms with E-state index >= 15 is 0 Å². The van der Waals surface area contributed by atoms with Gasteiger partial charge in [-0.1, -0.05) is 83.9 Å². The Labute approximate surface area is 197 Å². The van der Waals surface area contributed by atoms with E-state index in [9.17, 15) is 4.79 Å². The highest BCUT2D eigenvalue weighted by atomic mass is 35.5. The van der Waals surface area contributed by atoms with E-state index in [-0.39, 0.29) is 6.03 Å². The van der Waals surface area contributed by atoms with E-state index in [2.05, 4.69) is 15.6 Å². The van der Waals surface area contributed by atoms with Gasteiger partial charge in [0.25, 0.3) is 0 Å². The number of anilines is 1. The quantitative estimate of drug-likeness (QED) is 0.335. The number of pyridine rings is 1. The molecule has 2 N–H and O–H groups in total. The highest BCUT2D eigenvalue weighted by Gasteiger charge is 2.38. The van der Waals surface area contributed by atoms with Gasteiger partial charge in [-0.2, -0.15) is 0 Å². The summed E-state index contributed by atoms with van der Waals surface area (Å²) in [7, 11) is 0. The fourth-order valence-electron chi connectivity index (χ4n) is 3.68. The molecule has 1 unspecified atom stereocenters. The number of rotatable bonds is 6. The lowest BCUT2D eigenvalue weighted by atomic mass is 9.80. The molecule has 4 rings (SSSR count). The van der Waals surface area contributed by atoms with Crippen LogP contribution in [0, 0.1) is 0 Å². The lowest BCUT2D eigenvalue weighted by molar-refractivity contribution is 0.241. The van der Waals surface area contributed by atoms with Gasteiger partial charge >= 0.3 is 6.03 Å². The predicted molar refractivity (Wildman–Crippen MR) is 130 cm³/mol. The molecule has 4 aromatic rings. The molecule has 0 spiro atoms. The Morgan fingerprint density at radius 2 is 1.53 bits per heavy atom. The SMILES string of the molecule is O=C(Nc1ccccc1)NC(Cc1ccccc1)(c1cccc(Cl)c1)c1ccc(Cl)cn1. The van der Waals surface area contributed by atoms with Gasteiger partial charge in [-0.3, -0.25) is 4.98 Å². The van der Waals surface area contributed by atoms with E-state index in [0.29, 0.717) is 27.8 Å². The second kappa shape index (κ2) is 9.86. The maximum atomic E-state index is 13.2. The summed E-state index contributed by atoms with van der Waals surface area (Å²) < 4.78 is 0. The Morgan fingerprint density at radius 1 is 0.812 bits per heavy atom. The maximum absolute atomic E-state index is 13.2. The van der Waals surface area contributed by atoms with Crippen molar-refractivity contribution in [3.8, 4) is 0 Å². The molecule has 0 aliphatic heterocycles. The summed E-state index contributed by atoms with van der Waals surface area (Å²) in [5.74, 6) is 0. The smallest absolute Gasteiger partial charge is 0.320 e. The van der Waals surface area contributed by atoms with Crippen molar-refractivity contribution in [1.82, 2.24) is 10.3 Å². The summed E-state index contributed by atoms with van der Waals surface area (Å²) in [6.45, 7) is 0. The average Bonchev–Trinajstić information content (AvgIpc) is 2.80. The van der Waals surface area contributed by atoms with Crippen molar-refractivity contribution in [1.29, 1.82) is 0 Å². The number of urea groups is 1. The number of amides is 2. The standard InChI is InChI=1S/C26H21Cl2N3O/c27-21-11-7-10-20(16-21)26(17-19-8-3-1-4-9-19,24-15-14-22(28)18-29-24)31-25(32)30-23-12-5-2-6-13-23/h1-16,18H,17H2,(H2,30,31,32). The summed E-state index contributed by atoms with van der Waals surface area (Å²) in [5, 5.41) is 7.19. The predicted octanol–water partition coefficient (Wildman–Crippen LogP) is 6.70. The topological polar surface area (TPSA) is 54.0 Å². The van der Waals surface area contributed by atoms with Crippen LogP contribution in [-0.4, -0.2) is 11.0 Å². The van der Waals surface area contributed by atoms with Gasteiger partial charge < -0.3 is 10.6 Å². The molecule has 0 saturated heterocycles. The van der Waals surface area contributed by atoms with Crippen molar-refractivity contribution in [3.63, 3.8) is 0 Å². The first kappa shape index (κ1) is 21.9. The van der Waals surface area contributed by atoms with Crippen LogP contribution in [0.3, 0.4) is 0 Å². The third-order valence-electron chi connectivity index (χ3n) is 5.15. The van der Waals surface area contributed by atoms with Gasteiger partial charge in [-0.05, 0) is 47.5 Å². The largest absolute Gasteiger partial charge is 0.322 e. The van der Waals surface area contributed by atoms with Gasteiger partial charge in [-0.15, -0.1) is 0 Å². The van der Waals surface area contributed by atoms with E-state index in [1.165, 1.54) is 0 Å². The van der Waals surface area contributed by atoms with Crippen LogP contribution in [0.4, 0.5) is 10.5 Å². The molecule has 0 radical (unpaired) electrons. The normalized spacial score (nSPS) is 12.6. The first-order valence-corrected chi connectivity index (χ1v) is 10.9. The van der Waals surface area contributed by atoms with Crippen LogP contribution in [0.15, 0.2) is 103 Å². The molecule has 1 heterocycles. The molecule has 0 bridgehead atoms. The number of benzene rings is 3. The Hall–Kier alpha value is -3.34. The van der Waals surface area contributed by atoms with Crippen molar-refractivity contribution in [2.45, 2.75) is 12.0 Å². The fourth-order valence-corrected chi connectivity index (χ4v) is 3.98. The first-order valence-electron chi connectivity index (χ1n) is 10.1. The molecule has 0 fully saturated rings.